The number of aryl methyl sites for hydroxylation is 1. The van der Waals surface area contributed by atoms with Crippen molar-refractivity contribution in [1.82, 2.24) is 0 Å². The monoisotopic (exact) mass is 401 g/mol. The van der Waals surface area contributed by atoms with Gasteiger partial charge in [-0.3, -0.25) is 4.79 Å². The van der Waals surface area contributed by atoms with Gasteiger partial charge in [0.2, 0.25) is 0 Å². The first kappa shape index (κ1) is 19.7. The summed E-state index contributed by atoms with van der Waals surface area (Å²) in [5.41, 5.74) is 3.44. The molecule has 0 unspecified atom stereocenters. The van der Waals surface area contributed by atoms with Gasteiger partial charge in [0, 0.05) is 12.2 Å². The number of anilines is 1. The number of rotatable bonds is 6. The SMILES string of the molecule is O=C(OCC(=O)N1CCCc2ccccc21)c1cccc(OCc2ccccc2)c1. The number of hydrogen-bond donors (Lipinski definition) is 0. The van der Waals surface area contributed by atoms with Crippen molar-refractivity contribution < 1.29 is 19.1 Å². The summed E-state index contributed by atoms with van der Waals surface area (Å²) in [6.45, 7) is 0.755. The maximum Gasteiger partial charge on any atom is 0.338 e. The topological polar surface area (TPSA) is 55.8 Å². The van der Waals surface area contributed by atoms with E-state index in [4.69, 9.17) is 9.47 Å². The summed E-state index contributed by atoms with van der Waals surface area (Å²) in [5.74, 6) is -0.185. The summed E-state index contributed by atoms with van der Waals surface area (Å²) >= 11 is 0. The second kappa shape index (κ2) is 9.27. The smallest absolute Gasteiger partial charge is 0.338 e. The molecule has 4 rings (SSSR count). The lowest BCUT2D eigenvalue weighted by molar-refractivity contribution is -0.121. The van der Waals surface area contributed by atoms with Gasteiger partial charge in [0.05, 0.1) is 5.56 Å². The molecule has 152 valence electrons. The molecule has 5 nitrogen and oxygen atoms in total. The van der Waals surface area contributed by atoms with Gasteiger partial charge in [-0.2, -0.15) is 0 Å². The van der Waals surface area contributed by atoms with Crippen molar-refractivity contribution in [1.29, 1.82) is 0 Å². The third-order valence-corrected chi connectivity index (χ3v) is 5.06. The number of amides is 1. The Morgan fingerprint density at radius 1 is 0.900 bits per heavy atom. The highest BCUT2D eigenvalue weighted by Crippen LogP contribution is 2.26. The zero-order chi connectivity index (χ0) is 20.8. The maximum atomic E-state index is 12.6. The summed E-state index contributed by atoms with van der Waals surface area (Å²) in [6.07, 6.45) is 1.85. The van der Waals surface area contributed by atoms with Crippen LogP contribution in [-0.4, -0.2) is 25.0 Å². The molecule has 0 aromatic heterocycles. The van der Waals surface area contributed by atoms with Crippen LogP contribution in [0.15, 0.2) is 78.9 Å². The Kier molecular flexibility index (Phi) is 6.09. The van der Waals surface area contributed by atoms with Crippen LogP contribution in [0.4, 0.5) is 5.69 Å². The van der Waals surface area contributed by atoms with E-state index in [-0.39, 0.29) is 12.5 Å². The second-order valence-corrected chi connectivity index (χ2v) is 7.16. The molecule has 30 heavy (non-hydrogen) atoms. The first-order valence-electron chi connectivity index (χ1n) is 10.0. The number of carbonyl (C=O) groups is 2. The predicted molar refractivity (Wildman–Crippen MR) is 115 cm³/mol. The molecular formula is C25H23NO4. The fraction of sp³-hybridized carbons (Fsp3) is 0.200. The molecule has 1 heterocycles. The fourth-order valence-corrected chi connectivity index (χ4v) is 3.53. The number of esters is 1. The molecule has 0 atom stereocenters. The molecule has 0 bridgehead atoms. The van der Waals surface area contributed by atoms with Crippen molar-refractivity contribution in [2.45, 2.75) is 19.4 Å². The highest BCUT2D eigenvalue weighted by Gasteiger charge is 2.23. The number of benzene rings is 3. The van der Waals surface area contributed by atoms with E-state index in [0.717, 1.165) is 29.7 Å². The molecule has 1 aliphatic heterocycles. The van der Waals surface area contributed by atoms with E-state index in [9.17, 15) is 9.59 Å². The first-order chi connectivity index (χ1) is 14.7. The van der Waals surface area contributed by atoms with Crippen molar-refractivity contribution in [2.24, 2.45) is 0 Å². The van der Waals surface area contributed by atoms with Crippen molar-refractivity contribution in [2.75, 3.05) is 18.1 Å². The lowest BCUT2D eigenvalue weighted by atomic mass is 10.0. The van der Waals surface area contributed by atoms with Crippen LogP contribution in [0.5, 0.6) is 5.75 Å². The highest BCUT2D eigenvalue weighted by molar-refractivity contribution is 5.98. The highest BCUT2D eigenvalue weighted by atomic mass is 16.5. The minimum absolute atomic E-state index is 0.216. The third-order valence-electron chi connectivity index (χ3n) is 5.06. The molecule has 0 radical (unpaired) electrons. The Hall–Kier alpha value is -3.60. The molecule has 0 N–H and O–H groups in total. The van der Waals surface area contributed by atoms with E-state index in [1.165, 1.54) is 0 Å². The van der Waals surface area contributed by atoms with Crippen molar-refractivity contribution in [3.05, 3.63) is 95.6 Å². The average Bonchev–Trinajstić information content (AvgIpc) is 2.81. The van der Waals surface area contributed by atoms with Crippen LogP contribution in [0.3, 0.4) is 0 Å². The summed E-state index contributed by atoms with van der Waals surface area (Å²) < 4.78 is 11.0. The molecule has 5 heteroatoms. The predicted octanol–water partition coefficient (Wildman–Crippen LogP) is 4.40. The molecule has 1 amide bonds. The van der Waals surface area contributed by atoms with E-state index >= 15 is 0 Å². The normalized spacial score (nSPS) is 12.7. The first-order valence-corrected chi connectivity index (χ1v) is 10.0. The summed E-state index contributed by atoms with van der Waals surface area (Å²) in [7, 11) is 0. The number of carbonyl (C=O) groups excluding carboxylic acids is 2. The van der Waals surface area contributed by atoms with Crippen LogP contribution in [0.2, 0.25) is 0 Å². The van der Waals surface area contributed by atoms with Crippen LogP contribution >= 0.6 is 0 Å². The number of ether oxygens (including phenoxy) is 2. The number of para-hydroxylation sites is 1. The van der Waals surface area contributed by atoms with Gasteiger partial charge in [0.15, 0.2) is 6.61 Å². The van der Waals surface area contributed by atoms with E-state index in [0.29, 0.717) is 24.5 Å². The van der Waals surface area contributed by atoms with Gasteiger partial charge in [-0.25, -0.2) is 4.79 Å². The van der Waals surface area contributed by atoms with Crippen LogP contribution < -0.4 is 9.64 Å². The lowest BCUT2D eigenvalue weighted by Crippen LogP contribution is -2.38. The zero-order valence-electron chi connectivity index (χ0n) is 16.6. The van der Waals surface area contributed by atoms with Crippen LogP contribution in [0.25, 0.3) is 0 Å². The Labute approximate surface area is 175 Å². The van der Waals surface area contributed by atoms with Crippen LogP contribution in [-0.2, 0) is 22.6 Å². The molecule has 0 fully saturated rings. The van der Waals surface area contributed by atoms with E-state index in [1.807, 2.05) is 54.6 Å². The molecule has 3 aromatic carbocycles. The Morgan fingerprint density at radius 2 is 1.70 bits per heavy atom. The van der Waals surface area contributed by atoms with Gasteiger partial charge in [0.1, 0.15) is 12.4 Å². The molecule has 0 saturated carbocycles. The lowest BCUT2D eigenvalue weighted by Gasteiger charge is -2.29. The average molecular weight is 401 g/mol. The molecule has 1 aliphatic rings. The number of fused-ring (bicyclic) bond motifs is 1. The second-order valence-electron chi connectivity index (χ2n) is 7.16. The third kappa shape index (κ3) is 4.69. The van der Waals surface area contributed by atoms with E-state index < -0.39 is 5.97 Å². The van der Waals surface area contributed by atoms with Crippen molar-refractivity contribution in [3.8, 4) is 5.75 Å². The van der Waals surface area contributed by atoms with E-state index in [2.05, 4.69) is 0 Å². The summed E-state index contributed by atoms with van der Waals surface area (Å²) in [4.78, 5) is 26.8. The van der Waals surface area contributed by atoms with Crippen LogP contribution in [0, 0.1) is 0 Å². The Bertz CT molecular complexity index is 1030. The molecule has 0 spiro atoms. The zero-order valence-corrected chi connectivity index (χ0v) is 16.6. The minimum atomic E-state index is -0.543. The number of hydrogen-bond acceptors (Lipinski definition) is 4. The van der Waals surface area contributed by atoms with Gasteiger partial charge in [-0.05, 0) is 48.2 Å². The van der Waals surface area contributed by atoms with Gasteiger partial charge >= 0.3 is 5.97 Å². The molecule has 3 aromatic rings. The quantitative estimate of drug-likeness (QED) is 0.575. The van der Waals surface area contributed by atoms with Crippen molar-refractivity contribution in [3.63, 3.8) is 0 Å². The summed E-state index contributed by atoms with van der Waals surface area (Å²) in [5, 5.41) is 0. The fourth-order valence-electron chi connectivity index (χ4n) is 3.53. The maximum absolute atomic E-state index is 12.6. The molecule has 0 aliphatic carbocycles. The largest absolute Gasteiger partial charge is 0.489 e. The Balaban J connectivity index is 1.35. The number of nitrogens with zero attached hydrogens (tertiary/aromatic N) is 1. The van der Waals surface area contributed by atoms with Gasteiger partial charge in [-0.15, -0.1) is 0 Å². The molecule has 0 saturated heterocycles. The van der Waals surface area contributed by atoms with Crippen LogP contribution in [0.1, 0.15) is 27.9 Å². The van der Waals surface area contributed by atoms with E-state index in [1.54, 1.807) is 29.2 Å². The van der Waals surface area contributed by atoms with Gasteiger partial charge < -0.3 is 14.4 Å². The standard InChI is InChI=1S/C25H23NO4/c27-24(26-15-7-12-20-10-4-5-14-23(20)26)18-30-25(28)21-11-6-13-22(16-21)29-17-19-8-2-1-3-9-19/h1-6,8-11,13-14,16H,7,12,15,17-18H2. The minimum Gasteiger partial charge on any atom is -0.489 e. The molecular weight excluding hydrogens is 378 g/mol. The van der Waals surface area contributed by atoms with Gasteiger partial charge in [-0.1, -0.05) is 54.6 Å². The Morgan fingerprint density at radius 3 is 2.57 bits per heavy atom. The van der Waals surface area contributed by atoms with Crippen molar-refractivity contribution >= 4 is 17.6 Å². The van der Waals surface area contributed by atoms with Gasteiger partial charge in [0.25, 0.3) is 5.91 Å². The summed E-state index contributed by atoms with van der Waals surface area (Å²) in [6, 6.07) is 24.4.